The molecule has 26 heavy (non-hydrogen) atoms. The van der Waals surface area contributed by atoms with E-state index < -0.39 is 0 Å². The van der Waals surface area contributed by atoms with Crippen molar-refractivity contribution < 1.29 is 4.79 Å². The Hall–Kier alpha value is -3.31. The van der Waals surface area contributed by atoms with E-state index in [-0.39, 0.29) is 5.91 Å². The van der Waals surface area contributed by atoms with Crippen molar-refractivity contribution >= 4 is 45.3 Å². The number of fused-ring (bicyclic) bond motifs is 1. The lowest BCUT2D eigenvalue weighted by molar-refractivity contribution is 0.102. The number of carbonyl (C=O) groups excluding carboxylic acids is 1. The second kappa shape index (κ2) is 7.29. The number of thiazole rings is 1. The van der Waals surface area contributed by atoms with Gasteiger partial charge in [-0.3, -0.25) is 9.78 Å². The molecule has 0 fully saturated rings. The molecule has 0 aliphatic heterocycles. The standard InChI is InChI=1S/C21H15N3OS/c25-21(16-8-10-19-20(13-16)26-14-23-19)24-18-6-3-4-15(12-18)7-9-17-5-1-2-11-22-17/h1-14H,(H,24,25)/b9-7+. The smallest absolute Gasteiger partial charge is 0.255 e. The maximum atomic E-state index is 12.5. The molecule has 2 aromatic carbocycles. The van der Waals surface area contributed by atoms with Crippen LogP contribution in [0.15, 0.2) is 72.4 Å². The van der Waals surface area contributed by atoms with E-state index in [1.807, 2.05) is 66.7 Å². The second-order valence-electron chi connectivity index (χ2n) is 5.70. The van der Waals surface area contributed by atoms with E-state index in [0.717, 1.165) is 27.2 Å². The number of hydrogen-bond donors (Lipinski definition) is 1. The van der Waals surface area contributed by atoms with Gasteiger partial charge in [0.2, 0.25) is 0 Å². The van der Waals surface area contributed by atoms with Crippen LogP contribution in [0, 0.1) is 0 Å². The lowest BCUT2D eigenvalue weighted by atomic mass is 10.1. The van der Waals surface area contributed by atoms with Crippen LogP contribution >= 0.6 is 11.3 Å². The molecule has 0 bridgehead atoms. The molecule has 4 rings (SSSR count). The van der Waals surface area contributed by atoms with Crippen LogP contribution in [0.2, 0.25) is 0 Å². The first-order valence-corrected chi connectivity index (χ1v) is 9.00. The predicted octanol–water partition coefficient (Wildman–Crippen LogP) is 5.11. The second-order valence-corrected chi connectivity index (χ2v) is 6.59. The van der Waals surface area contributed by atoms with Gasteiger partial charge in [0.25, 0.3) is 5.91 Å². The molecule has 1 amide bonds. The van der Waals surface area contributed by atoms with Gasteiger partial charge in [-0.2, -0.15) is 0 Å². The van der Waals surface area contributed by atoms with Gasteiger partial charge in [0.1, 0.15) is 0 Å². The van der Waals surface area contributed by atoms with Crippen LogP contribution in [0.4, 0.5) is 5.69 Å². The summed E-state index contributed by atoms with van der Waals surface area (Å²) in [7, 11) is 0. The summed E-state index contributed by atoms with van der Waals surface area (Å²) >= 11 is 1.53. The normalized spacial score (nSPS) is 11.1. The molecule has 1 N–H and O–H groups in total. The third-order valence-corrected chi connectivity index (χ3v) is 4.66. The van der Waals surface area contributed by atoms with Crippen LogP contribution < -0.4 is 5.32 Å². The van der Waals surface area contributed by atoms with Crippen LogP contribution in [-0.4, -0.2) is 15.9 Å². The van der Waals surface area contributed by atoms with Crippen LogP contribution in [0.1, 0.15) is 21.6 Å². The Balaban J connectivity index is 1.51. The van der Waals surface area contributed by atoms with Gasteiger partial charge in [-0.15, -0.1) is 11.3 Å². The SMILES string of the molecule is O=C(Nc1cccc(/C=C/c2ccccn2)c1)c1ccc2ncsc2c1. The van der Waals surface area contributed by atoms with Crippen molar-refractivity contribution in [3.05, 3.63) is 89.2 Å². The molecule has 0 radical (unpaired) electrons. The van der Waals surface area contributed by atoms with E-state index >= 15 is 0 Å². The monoisotopic (exact) mass is 357 g/mol. The van der Waals surface area contributed by atoms with E-state index in [2.05, 4.69) is 15.3 Å². The molecular formula is C21H15N3OS. The quantitative estimate of drug-likeness (QED) is 0.552. The molecule has 0 saturated carbocycles. The fourth-order valence-electron chi connectivity index (χ4n) is 2.58. The summed E-state index contributed by atoms with van der Waals surface area (Å²) in [5.41, 5.74) is 5.95. The number of pyridine rings is 1. The third-order valence-electron chi connectivity index (χ3n) is 3.87. The minimum atomic E-state index is -0.133. The maximum Gasteiger partial charge on any atom is 0.255 e. The Morgan fingerprint density at radius 2 is 1.92 bits per heavy atom. The summed E-state index contributed by atoms with van der Waals surface area (Å²) < 4.78 is 1.00. The molecular weight excluding hydrogens is 342 g/mol. The van der Waals surface area contributed by atoms with Gasteiger partial charge in [0.15, 0.2) is 0 Å². The molecule has 0 unspecified atom stereocenters. The van der Waals surface area contributed by atoms with Crippen molar-refractivity contribution in [2.24, 2.45) is 0 Å². The van der Waals surface area contributed by atoms with E-state index in [1.54, 1.807) is 17.8 Å². The number of anilines is 1. The third kappa shape index (κ3) is 3.68. The van der Waals surface area contributed by atoms with Gasteiger partial charge < -0.3 is 5.32 Å². The molecule has 2 heterocycles. The minimum Gasteiger partial charge on any atom is -0.322 e. The van der Waals surface area contributed by atoms with Crippen LogP contribution in [0.25, 0.3) is 22.4 Å². The van der Waals surface area contributed by atoms with Crippen LogP contribution in [0.5, 0.6) is 0 Å². The zero-order valence-electron chi connectivity index (χ0n) is 13.8. The minimum absolute atomic E-state index is 0.133. The summed E-state index contributed by atoms with van der Waals surface area (Å²) in [5.74, 6) is -0.133. The first-order valence-electron chi connectivity index (χ1n) is 8.12. The Bertz CT molecular complexity index is 1090. The molecule has 2 aromatic heterocycles. The molecule has 0 spiro atoms. The van der Waals surface area contributed by atoms with Gasteiger partial charge in [0.05, 0.1) is 21.4 Å². The number of benzene rings is 2. The Morgan fingerprint density at radius 3 is 2.81 bits per heavy atom. The molecule has 0 aliphatic carbocycles. The maximum absolute atomic E-state index is 12.5. The molecule has 5 heteroatoms. The lowest BCUT2D eigenvalue weighted by Crippen LogP contribution is -2.11. The van der Waals surface area contributed by atoms with Crippen molar-refractivity contribution in [1.29, 1.82) is 0 Å². The van der Waals surface area contributed by atoms with Gasteiger partial charge in [-0.05, 0) is 54.1 Å². The van der Waals surface area contributed by atoms with Crippen molar-refractivity contribution in [3.63, 3.8) is 0 Å². The fraction of sp³-hybridized carbons (Fsp3) is 0. The van der Waals surface area contributed by atoms with Gasteiger partial charge in [0, 0.05) is 17.4 Å². The average Bonchev–Trinajstić information content (AvgIpc) is 3.15. The summed E-state index contributed by atoms with van der Waals surface area (Å²) in [6.07, 6.45) is 5.68. The highest BCUT2D eigenvalue weighted by molar-refractivity contribution is 7.16. The highest BCUT2D eigenvalue weighted by Crippen LogP contribution is 2.20. The zero-order valence-corrected chi connectivity index (χ0v) is 14.6. The largest absolute Gasteiger partial charge is 0.322 e. The first kappa shape index (κ1) is 16.2. The van der Waals surface area contributed by atoms with E-state index in [4.69, 9.17) is 0 Å². The van der Waals surface area contributed by atoms with E-state index in [0.29, 0.717) is 5.56 Å². The molecule has 0 saturated heterocycles. The average molecular weight is 357 g/mol. The summed E-state index contributed by atoms with van der Waals surface area (Å²) in [5, 5.41) is 2.95. The Morgan fingerprint density at radius 1 is 0.962 bits per heavy atom. The molecule has 0 atom stereocenters. The van der Waals surface area contributed by atoms with Gasteiger partial charge in [-0.25, -0.2) is 4.98 Å². The Labute approximate surface area is 154 Å². The van der Waals surface area contributed by atoms with Crippen LogP contribution in [-0.2, 0) is 0 Å². The number of nitrogens with one attached hydrogen (secondary N) is 1. The highest BCUT2D eigenvalue weighted by Gasteiger charge is 2.08. The Kier molecular flexibility index (Phi) is 4.53. The fourth-order valence-corrected chi connectivity index (χ4v) is 3.29. The zero-order chi connectivity index (χ0) is 17.8. The van der Waals surface area contributed by atoms with Gasteiger partial charge in [-0.1, -0.05) is 24.3 Å². The molecule has 126 valence electrons. The number of aromatic nitrogens is 2. The van der Waals surface area contributed by atoms with Crippen molar-refractivity contribution in [3.8, 4) is 0 Å². The topological polar surface area (TPSA) is 54.9 Å². The van der Waals surface area contributed by atoms with Crippen molar-refractivity contribution in [2.45, 2.75) is 0 Å². The summed E-state index contributed by atoms with van der Waals surface area (Å²) in [6, 6.07) is 19.0. The van der Waals surface area contributed by atoms with Crippen molar-refractivity contribution in [2.75, 3.05) is 5.32 Å². The molecule has 4 nitrogen and oxygen atoms in total. The number of hydrogen-bond acceptors (Lipinski definition) is 4. The number of rotatable bonds is 4. The highest BCUT2D eigenvalue weighted by atomic mass is 32.1. The summed E-state index contributed by atoms with van der Waals surface area (Å²) in [6.45, 7) is 0. The number of carbonyl (C=O) groups is 1. The predicted molar refractivity (Wildman–Crippen MR) is 107 cm³/mol. The number of nitrogens with zero attached hydrogens (tertiary/aromatic N) is 2. The number of amides is 1. The van der Waals surface area contributed by atoms with Gasteiger partial charge >= 0.3 is 0 Å². The molecule has 0 aliphatic rings. The summed E-state index contributed by atoms with van der Waals surface area (Å²) in [4.78, 5) is 21.0. The lowest BCUT2D eigenvalue weighted by Gasteiger charge is -2.06. The van der Waals surface area contributed by atoms with Crippen LogP contribution in [0.3, 0.4) is 0 Å². The molecule has 4 aromatic rings. The van der Waals surface area contributed by atoms with E-state index in [1.165, 1.54) is 11.3 Å². The van der Waals surface area contributed by atoms with Crippen molar-refractivity contribution in [1.82, 2.24) is 9.97 Å². The first-order chi connectivity index (χ1) is 12.8. The van der Waals surface area contributed by atoms with E-state index in [9.17, 15) is 4.79 Å².